The van der Waals surface area contributed by atoms with Gasteiger partial charge in [-0.25, -0.2) is 0 Å². The molecule has 0 spiro atoms. The van der Waals surface area contributed by atoms with E-state index in [0.717, 1.165) is 11.5 Å². The molecule has 2 atom stereocenters. The molecule has 0 amide bonds. The van der Waals surface area contributed by atoms with Crippen LogP contribution in [-0.2, 0) is 4.74 Å². The summed E-state index contributed by atoms with van der Waals surface area (Å²) in [7, 11) is 0. The second-order valence-corrected chi connectivity index (χ2v) is 3.37. The van der Waals surface area contributed by atoms with Crippen molar-refractivity contribution in [2.45, 2.75) is 19.1 Å². The van der Waals surface area contributed by atoms with E-state index in [0.29, 0.717) is 12.9 Å². The van der Waals surface area contributed by atoms with Gasteiger partial charge in [0.05, 0.1) is 6.10 Å². The lowest BCUT2D eigenvalue weighted by atomic mass is 10.1. The summed E-state index contributed by atoms with van der Waals surface area (Å²) >= 11 is 0. The first-order valence-electron chi connectivity index (χ1n) is 4.39. The molecule has 0 aliphatic carbocycles. The quantitative estimate of drug-likeness (QED) is 0.615. The van der Waals surface area contributed by atoms with Crippen molar-refractivity contribution in [3.05, 3.63) is 23.8 Å². The van der Waals surface area contributed by atoms with Crippen molar-refractivity contribution < 1.29 is 14.2 Å². The zero-order chi connectivity index (χ0) is 8.84. The fourth-order valence-corrected chi connectivity index (χ4v) is 1.63. The van der Waals surface area contributed by atoms with E-state index < -0.39 is 0 Å². The van der Waals surface area contributed by atoms with E-state index in [1.165, 1.54) is 5.56 Å². The van der Waals surface area contributed by atoms with Crippen LogP contribution in [0.2, 0.25) is 0 Å². The average Bonchev–Trinajstić information content (AvgIpc) is 2.70. The second kappa shape index (κ2) is 2.39. The second-order valence-electron chi connectivity index (χ2n) is 3.37. The minimum Gasteiger partial charge on any atom is -0.454 e. The molecule has 13 heavy (non-hydrogen) atoms. The summed E-state index contributed by atoms with van der Waals surface area (Å²) in [6.07, 6.45) is 0.606. The Morgan fingerprint density at radius 2 is 2.00 bits per heavy atom. The monoisotopic (exact) mass is 178 g/mol. The van der Waals surface area contributed by atoms with Crippen LogP contribution in [-0.4, -0.2) is 12.9 Å². The van der Waals surface area contributed by atoms with Crippen LogP contribution in [0.1, 0.15) is 18.6 Å². The van der Waals surface area contributed by atoms with Gasteiger partial charge in [0.15, 0.2) is 11.5 Å². The Bertz CT molecular complexity index is 348. The standard InChI is InChI=1S/C10H10O3/c1-6-10(13-6)7-2-3-8-9(4-7)12-5-11-8/h2-4,6,10H,5H2,1H3/t6-,10+/m1/s1. The van der Waals surface area contributed by atoms with Crippen molar-refractivity contribution >= 4 is 0 Å². The predicted octanol–water partition coefficient (Wildman–Crippen LogP) is 1.88. The maximum Gasteiger partial charge on any atom is 0.231 e. The molecule has 0 bridgehead atoms. The van der Waals surface area contributed by atoms with Gasteiger partial charge in [-0.15, -0.1) is 0 Å². The summed E-state index contributed by atoms with van der Waals surface area (Å²) in [5.74, 6) is 1.66. The minimum atomic E-state index is 0.259. The molecule has 3 rings (SSSR count). The third-order valence-electron chi connectivity index (χ3n) is 2.44. The van der Waals surface area contributed by atoms with Crippen molar-refractivity contribution in [3.63, 3.8) is 0 Å². The van der Waals surface area contributed by atoms with Crippen LogP contribution in [0.5, 0.6) is 11.5 Å². The predicted molar refractivity (Wildman–Crippen MR) is 45.9 cm³/mol. The summed E-state index contributed by atoms with van der Waals surface area (Å²) in [6.45, 7) is 2.40. The maximum atomic E-state index is 5.37. The number of epoxide rings is 1. The van der Waals surface area contributed by atoms with E-state index in [9.17, 15) is 0 Å². The Labute approximate surface area is 76.2 Å². The van der Waals surface area contributed by atoms with Gasteiger partial charge in [-0.05, 0) is 24.6 Å². The molecule has 3 heteroatoms. The zero-order valence-electron chi connectivity index (χ0n) is 7.32. The van der Waals surface area contributed by atoms with Gasteiger partial charge >= 0.3 is 0 Å². The number of rotatable bonds is 1. The van der Waals surface area contributed by atoms with Crippen LogP contribution >= 0.6 is 0 Å². The SMILES string of the molecule is C[C@H]1O[C@@H]1c1ccc2c(c1)OCO2. The van der Waals surface area contributed by atoms with Gasteiger partial charge in [0.25, 0.3) is 0 Å². The van der Waals surface area contributed by atoms with Crippen LogP contribution in [0.15, 0.2) is 18.2 Å². The molecule has 3 nitrogen and oxygen atoms in total. The molecule has 68 valence electrons. The summed E-state index contributed by atoms with van der Waals surface area (Å²) in [5.41, 5.74) is 1.18. The van der Waals surface area contributed by atoms with Crippen LogP contribution < -0.4 is 9.47 Å². The van der Waals surface area contributed by atoms with E-state index in [1.807, 2.05) is 18.2 Å². The number of benzene rings is 1. The molecular formula is C10H10O3. The van der Waals surface area contributed by atoms with Gasteiger partial charge in [0.1, 0.15) is 6.10 Å². The summed E-state index contributed by atoms with van der Waals surface area (Å²) < 4.78 is 15.9. The fraction of sp³-hybridized carbons (Fsp3) is 0.400. The number of hydrogen-bond acceptors (Lipinski definition) is 3. The van der Waals surface area contributed by atoms with Crippen molar-refractivity contribution in [3.8, 4) is 11.5 Å². The Hall–Kier alpha value is -1.22. The average molecular weight is 178 g/mol. The van der Waals surface area contributed by atoms with Crippen LogP contribution in [0, 0.1) is 0 Å². The highest BCUT2D eigenvalue weighted by molar-refractivity contribution is 5.45. The van der Waals surface area contributed by atoms with Gasteiger partial charge in [-0.2, -0.15) is 0 Å². The molecule has 1 aromatic carbocycles. The maximum absolute atomic E-state index is 5.37. The van der Waals surface area contributed by atoms with Gasteiger partial charge in [-0.1, -0.05) is 6.07 Å². The molecule has 2 heterocycles. The Kier molecular flexibility index (Phi) is 1.32. The molecule has 0 saturated carbocycles. The molecule has 1 fully saturated rings. The highest BCUT2D eigenvalue weighted by Crippen LogP contribution is 2.42. The van der Waals surface area contributed by atoms with Gasteiger partial charge in [0, 0.05) is 0 Å². The first-order valence-corrected chi connectivity index (χ1v) is 4.39. The van der Waals surface area contributed by atoms with Crippen molar-refractivity contribution in [2.24, 2.45) is 0 Å². The molecule has 0 unspecified atom stereocenters. The molecule has 0 radical (unpaired) electrons. The topological polar surface area (TPSA) is 31.0 Å². The lowest BCUT2D eigenvalue weighted by molar-refractivity contribution is 0.174. The molecule has 1 aromatic rings. The summed E-state index contributed by atoms with van der Waals surface area (Å²) in [6, 6.07) is 5.96. The number of fused-ring (bicyclic) bond motifs is 1. The Morgan fingerprint density at radius 1 is 1.23 bits per heavy atom. The first-order chi connectivity index (χ1) is 6.34. The molecule has 2 aliphatic heterocycles. The van der Waals surface area contributed by atoms with Crippen molar-refractivity contribution in [1.29, 1.82) is 0 Å². The van der Waals surface area contributed by atoms with E-state index in [-0.39, 0.29) is 6.10 Å². The smallest absolute Gasteiger partial charge is 0.231 e. The fourth-order valence-electron chi connectivity index (χ4n) is 1.63. The van der Waals surface area contributed by atoms with Crippen molar-refractivity contribution in [1.82, 2.24) is 0 Å². The zero-order valence-corrected chi connectivity index (χ0v) is 7.32. The molecular weight excluding hydrogens is 168 g/mol. The third kappa shape index (κ3) is 1.08. The van der Waals surface area contributed by atoms with Gasteiger partial charge in [0.2, 0.25) is 6.79 Å². The van der Waals surface area contributed by atoms with Crippen LogP contribution in [0.25, 0.3) is 0 Å². The third-order valence-corrected chi connectivity index (χ3v) is 2.44. The lowest BCUT2D eigenvalue weighted by Gasteiger charge is -1.98. The number of ether oxygens (including phenoxy) is 3. The Morgan fingerprint density at radius 3 is 2.77 bits per heavy atom. The Balaban J connectivity index is 1.96. The normalized spacial score (nSPS) is 29.0. The van der Waals surface area contributed by atoms with Crippen LogP contribution in [0.4, 0.5) is 0 Å². The minimum absolute atomic E-state index is 0.259. The van der Waals surface area contributed by atoms with E-state index in [4.69, 9.17) is 14.2 Å². The molecule has 0 aromatic heterocycles. The highest BCUT2D eigenvalue weighted by atomic mass is 16.7. The lowest BCUT2D eigenvalue weighted by Crippen LogP contribution is -1.92. The molecule has 0 N–H and O–H groups in total. The van der Waals surface area contributed by atoms with E-state index in [1.54, 1.807) is 0 Å². The molecule has 2 aliphatic rings. The van der Waals surface area contributed by atoms with Gasteiger partial charge in [-0.3, -0.25) is 0 Å². The largest absolute Gasteiger partial charge is 0.454 e. The summed E-state index contributed by atoms with van der Waals surface area (Å²) in [5, 5.41) is 0. The molecule has 1 saturated heterocycles. The number of hydrogen-bond donors (Lipinski definition) is 0. The highest BCUT2D eigenvalue weighted by Gasteiger charge is 2.36. The van der Waals surface area contributed by atoms with Crippen molar-refractivity contribution in [2.75, 3.05) is 6.79 Å². The summed E-state index contributed by atoms with van der Waals surface area (Å²) in [4.78, 5) is 0. The first kappa shape index (κ1) is 7.21. The van der Waals surface area contributed by atoms with E-state index in [2.05, 4.69) is 6.92 Å². The van der Waals surface area contributed by atoms with E-state index >= 15 is 0 Å². The van der Waals surface area contributed by atoms with Gasteiger partial charge < -0.3 is 14.2 Å². The van der Waals surface area contributed by atoms with Crippen LogP contribution in [0.3, 0.4) is 0 Å².